The summed E-state index contributed by atoms with van der Waals surface area (Å²) >= 11 is 0. The van der Waals surface area contributed by atoms with Gasteiger partial charge in [0.2, 0.25) is 0 Å². The van der Waals surface area contributed by atoms with Crippen molar-refractivity contribution < 1.29 is 4.42 Å². The first-order valence-electron chi connectivity index (χ1n) is 7.28. The van der Waals surface area contributed by atoms with Gasteiger partial charge in [-0.3, -0.25) is 4.98 Å². The molecule has 0 aromatic carbocycles. The van der Waals surface area contributed by atoms with Crippen molar-refractivity contribution >= 4 is 5.69 Å². The van der Waals surface area contributed by atoms with Crippen molar-refractivity contribution in [3.8, 4) is 0 Å². The first-order valence-corrected chi connectivity index (χ1v) is 7.28. The Labute approximate surface area is 119 Å². The quantitative estimate of drug-likeness (QED) is 0.876. The average Bonchev–Trinajstić information content (AvgIpc) is 3.21. The van der Waals surface area contributed by atoms with Crippen LogP contribution in [0.25, 0.3) is 0 Å². The van der Waals surface area contributed by atoms with Crippen molar-refractivity contribution in [2.75, 3.05) is 4.90 Å². The smallest absolute Gasteiger partial charge is 0.123 e. The van der Waals surface area contributed by atoms with Gasteiger partial charge in [-0.25, -0.2) is 0 Å². The second-order valence-corrected chi connectivity index (χ2v) is 5.39. The van der Waals surface area contributed by atoms with Gasteiger partial charge in [-0.2, -0.15) is 0 Å². The predicted molar refractivity (Wildman–Crippen MR) is 79.4 cm³/mol. The molecule has 4 nitrogen and oxygen atoms in total. The van der Waals surface area contributed by atoms with Crippen molar-refractivity contribution in [3.05, 3.63) is 48.2 Å². The third-order valence-electron chi connectivity index (χ3n) is 3.82. The maximum absolute atomic E-state index is 6.01. The Balaban J connectivity index is 1.77. The van der Waals surface area contributed by atoms with Crippen molar-refractivity contribution in [2.45, 2.75) is 44.8 Å². The molecule has 1 aliphatic carbocycles. The monoisotopic (exact) mass is 271 g/mol. The van der Waals surface area contributed by atoms with Crippen molar-refractivity contribution in [1.29, 1.82) is 0 Å². The van der Waals surface area contributed by atoms with Gasteiger partial charge in [-0.1, -0.05) is 6.92 Å². The van der Waals surface area contributed by atoms with E-state index >= 15 is 0 Å². The summed E-state index contributed by atoms with van der Waals surface area (Å²) < 4.78 is 5.46. The zero-order chi connectivity index (χ0) is 13.9. The van der Waals surface area contributed by atoms with E-state index in [2.05, 4.69) is 22.9 Å². The number of hydrogen-bond donors (Lipinski definition) is 1. The minimum Gasteiger partial charge on any atom is -0.467 e. The number of rotatable bonds is 6. The normalized spacial score (nSPS) is 16.1. The van der Waals surface area contributed by atoms with E-state index in [1.165, 1.54) is 12.8 Å². The summed E-state index contributed by atoms with van der Waals surface area (Å²) in [4.78, 5) is 6.88. The number of anilines is 1. The topological polar surface area (TPSA) is 55.3 Å². The third kappa shape index (κ3) is 2.85. The molecule has 2 aromatic heterocycles. The number of pyridine rings is 1. The van der Waals surface area contributed by atoms with E-state index in [1.807, 2.05) is 24.4 Å². The number of aromatic nitrogens is 1. The Morgan fingerprint density at radius 1 is 1.40 bits per heavy atom. The first-order chi connectivity index (χ1) is 9.78. The summed E-state index contributed by atoms with van der Waals surface area (Å²) in [7, 11) is 0. The lowest BCUT2D eigenvalue weighted by Crippen LogP contribution is -2.25. The van der Waals surface area contributed by atoms with Gasteiger partial charge in [0.05, 0.1) is 30.4 Å². The van der Waals surface area contributed by atoms with Crippen LogP contribution in [0.5, 0.6) is 0 Å². The number of nitrogens with two attached hydrogens (primary N) is 1. The Bertz CT molecular complexity index is 531. The number of furan rings is 1. The standard InChI is InChI=1S/C16H21N3O/c1-2-15(17)16-8-7-13(10-18-16)19(12-5-6-12)11-14-4-3-9-20-14/h3-4,7-10,12,15H,2,5-6,11,17H2,1H3/t15-/m0/s1. The molecule has 2 heterocycles. The molecule has 4 heteroatoms. The van der Waals surface area contributed by atoms with Gasteiger partial charge in [0.25, 0.3) is 0 Å². The van der Waals surface area contributed by atoms with E-state index in [0.29, 0.717) is 6.04 Å². The lowest BCUT2D eigenvalue weighted by atomic mass is 10.1. The minimum absolute atomic E-state index is 0.0310. The van der Waals surface area contributed by atoms with Crippen LogP contribution in [0.4, 0.5) is 5.69 Å². The second kappa shape index (κ2) is 5.67. The SMILES string of the molecule is CC[C@H](N)c1ccc(N(Cc2ccco2)C2CC2)cn1. The molecule has 1 saturated carbocycles. The second-order valence-electron chi connectivity index (χ2n) is 5.39. The van der Waals surface area contributed by atoms with Crippen LogP contribution in [0, 0.1) is 0 Å². The van der Waals surface area contributed by atoms with Crippen LogP contribution >= 0.6 is 0 Å². The summed E-state index contributed by atoms with van der Waals surface area (Å²) in [6.07, 6.45) is 7.06. The Kier molecular flexibility index (Phi) is 3.74. The Morgan fingerprint density at radius 2 is 2.25 bits per heavy atom. The summed E-state index contributed by atoms with van der Waals surface area (Å²) in [5, 5.41) is 0. The molecule has 3 rings (SSSR count). The van der Waals surface area contributed by atoms with E-state index in [4.69, 9.17) is 10.2 Å². The zero-order valence-electron chi connectivity index (χ0n) is 11.8. The average molecular weight is 271 g/mol. The van der Waals surface area contributed by atoms with E-state index in [0.717, 1.165) is 30.1 Å². The van der Waals surface area contributed by atoms with Crippen molar-refractivity contribution in [3.63, 3.8) is 0 Å². The molecule has 1 aliphatic rings. The van der Waals surface area contributed by atoms with Crippen molar-refractivity contribution in [1.82, 2.24) is 4.98 Å². The van der Waals surface area contributed by atoms with Crippen LogP contribution in [0.1, 0.15) is 43.7 Å². The predicted octanol–water partition coefficient (Wildman–Crippen LogP) is 3.25. The highest BCUT2D eigenvalue weighted by Crippen LogP contribution is 2.33. The lowest BCUT2D eigenvalue weighted by molar-refractivity contribution is 0.501. The van der Waals surface area contributed by atoms with Gasteiger partial charge in [-0.05, 0) is 43.5 Å². The summed E-state index contributed by atoms with van der Waals surface area (Å²) in [6, 6.07) is 8.77. The molecule has 0 aliphatic heterocycles. The molecule has 0 amide bonds. The van der Waals surface area contributed by atoms with E-state index in [9.17, 15) is 0 Å². The highest BCUT2D eigenvalue weighted by molar-refractivity contribution is 5.47. The molecule has 20 heavy (non-hydrogen) atoms. The molecule has 0 radical (unpaired) electrons. The molecule has 0 bridgehead atoms. The Morgan fingerprint density at radius 3 is 2.80 bits per heavy atom. The van der Waals surface area contributed by atoms with Crippen LogP contribution in [0.3, 0.4) is 0 Å². The van der Waals surface area contributed by atoms with E-state index in [1.54, 1.807) is 6.26 Å². The van der Waals surface area contributed by atoms with Gasteiger partial charge in [0.1, 0.15) is 5.76 Å². The van der Waals surface area contributed by atoms with E-state index < -0.39 is 0 Å². The van der Waals surface area contributed by atoms with Gasteiger partial charge in [0, 0.05) is 12.1 Å². The third-order valence-corrected chi connectivity index (χ3v) is 3.82. The summed E-state index contributed by atoms with van der Waals surface area (Å²) in [5.41, 5.74) is 8.12. The van der Waals surface area contributed by atoms with Gasteiger partial charge in [0.15, 0.2) is 0 Å². The molecular formula is C16H21N3O. The Hall–Kier alpha value is -1.81. The number of nitrogens with zero attached hydrogens (tertiary/aromatic N) is 2. The fraction of sp³-hybridized carbons (Fsp3) is 0.438. The van der Waals surface area contributed by atoms with Gasteiger partial charge >= 0.3 is 0 Å². The first kappa shape index (κ1) is 13.2. The summed E-state index contributed by atoms with van der Waals surface area (Å²) in [6.45, 7) is 2.88. The van der Waals surface area contributed by atoms with Gasteiger partial charge in [-0.15, -0.1) is 0 Å². The van der Waals surface area contributed by atoms with Crippen LogP contribution in [-0.4, -0.2) is 11.0 Å². The summed E-state index contributed by atoms with van der Waals surface area (Å²) in [5.74, 6) is 0.992. The molecule has 106 valence electrons. The lowest BCUT2D eigenvalue weighted by Gasteiger charge is -2.23. The molecule has 1 atom stereocenters. The minimum atomic E-state index is 0.0310. The number of hydrogen-bond acceptors (Lipinski definition) is 4. The largest absolute Gasteiger partial charge is 0.467 e. The van der Waals surface area contributed by atoms with Crippen LogP contribution in [0.15, 0.2) is 41.1 Å². The molecule has 2 aromatic rings. The molecule has 0 unspecified atom stereocenters. The van der Waals surface area contributed by atoms with Crippen LogP contribution in [-0.2, 0) is 6.54 Å². The van der Waals surface area contributed by atoms with Gasteiger partial charge < -0.3 is 15.1 Å². The highest BCUT2D eigenvalue weighted by Gasteiger charge is 2.30. The molecule has 1 fully saturated rings. The fourth-order valence-corrected chi connectivity index (χ4v) is 2.38. The highest BCUT2D eigenvalue weighted by atomic mass is 16.3. The van der Waals surface area contributed by atoms with Crippen LogP contribution < -0.4 is 10.6 Å². The maximum Gasteiger partial charge on any atom is 0.123 e. The zero-order valence-corrected chi connectivity index (χ0v) is 11.8. The fourth-order valence-electron chi connectivity index (χ4n) is 2.38. The van der Waals surface area contributed by atoms with E-state index in [-0.39, 0.29) is 6.04 Å². The van der Waals surface area contributed by atoms with Crippen LogP contribution in [0.2, 0.25) is 0 Å². The molecular weight excluding hydrogens is 250 g/mol. The maximum atomic E-state index is 6.01. The molecule has 0 spiro atoms. The van der Waals surface area contributed by atoms with Crippen molar-refractivity contribution in [2.24, 2.45) is 5.73 Å². The molecule has 0 saturated heterocycles. The molecule has 2 N–H and O–H groups in total.